The van der Waals surface area contributed by atoms with Crippen molar-refractivity contribution in [2.75, 3.05) is 17.7 Å². The number of nitrogen functional groups attached to an aromatic ring is 1. The lowest BCUT2D eigenvalue weighted by molar-refractivity contribution is -0.383. The van der Waals surface area contributed by atoms with Crippen LogP contribution < -0.4 is 11.1 Å². The third kappa shape index (κ3) is 2.30. The van der Waals surface area contributed by atoms with Gasteiger partial charge in [0.15, 0.2) is 0 Å². The Kier molecular flexibility index (Phi) is 2.94. The number of rotatable bonds is 4. The van der Waals surface area contributed by atoms with E-state index in [0.29, 0.717) is 12.5 Å². The molecule has 2 heterocycles. The summed E-state index contributed by atoms with van der Waals surface area (Å²) in [4.78, 5) is 18.1. The molecule has 1 aromatic rings. The first kappa shape index (κ1) is 12.1. The van der Waals surface area contributed by atoms with Crippen LogP contribution in [0, 0.1) is 16.0 Å². The van der Waals surface area contributed by atoms with E-state index in [1.54, 1.807) is 0 Å². The lowest BCUT2D eigenvalue weighted by atomic mass is 10.1. The van der Waals surface area contributed by atoms with Crippen molar-refractivity contribution in [1.82, 2.24) is 9.97 Å². The highest BCUT2D eigenvalue weighted by Gasteiger charge is 2.41. The molecule has 0 bridgehead atoms. The number of nitrogens with one attached hydrogen (secondary N) is 1. The third-order valence-electron chi connectivity index (χ3n) is 3.58. The molecule has 3 rings (SSSR count). The van der Waals surface area contributed by atoms with Crippen molar-refractivity contribution in [3.8, 4) is 0 Å². The molecule has 0 amide bonds. The first-order chi connectivity index (χ1) is 9.16. The lowest BCUT2D eigenvalue weighted by Crippen LogP contribution is -2.31. The van der Waals surface area contributed by atoms with Crippen LogP contribution in [0.15, 0.2) is 6.33 Å². The average molecular weight is 265 g/mol. The van der Waals surface area contributed by atoms with E-state index in [9.17, 15) is 10.1 Å². The number of hydrogen-bond donors (Lipinski definition) is 2. The van der Waals surface area contributed by atoms with Gasteiger partial charge in [-0.2, -0.15) is 0 Å². The van der Waals surface area contributed by atoms with Crippen LogP contribution in [0.4, 0.5) is 17.3 Å². The average Bonchev–Trinajstić information content (AvgIpc) is 3.10. The van der Waals surface area contributed by atoms with Gasteiger partial charge in [-0.05, 0) is 25.2 Å². The SMILES string of the molecule is Nc1ncnc(NC2CCOC2C2CC2)c1[N+](=O)[O-]. The second-order valence-corrected chi connectivity index (χ2v) is 4.93. The summed E-state index contributed by atoms with van der Waals surface area (Å²) in [5.74, 6) is 0.626. The summed E-state index contributed by atoms with van der Waals surface area (Å²) in [6.45, 7) is 0.674. The number of nitro groups is 1. The molecule has 1 saturated carbocycles. The Hall–Kier alpha value is -1.96. The molecule has 2 fully saturated rings. The van der Waals surface area contributed by atoms with Gasteiger partial charge in [-0.25, -0.2) is 9.97 Å². The normalized spacial score (nSPS) is 26.3. The van der Waals surface area contributed by atoms with Crippen LogP contribution in [-0.2, 0) is 4.74 Å². The second-order valence-electron chi connectivity index (χ2n) is 4.93. The molecule has 1 aromatic heterocycles. The van der Waals surface area contributed by atoms with E-state index in [-0.39, 0.29) is 29.5 Å². The number of hydrogen-bond acceptors (Lipinski definition) is 7. The largest absolute Gasteiger partial charge is 0.378 e. The van der Waals surface area contributed by atoms with E-state index >= 15 is 0 Å². The molecule has 0 radical (unpaired) electrons. The van der Waals surface area contributed by atoms with E-state index in [1.165, 1.54) is 6.33 Å². The second kappa shape index (κ2) is 4.61. The highest BCUT2D eigenvalue weighted by atomic mass is 16.6. The highest BCUT2D eigenvalue weighted by Crippen LogP contribution is 2.40. The van der Waals surface area contributed by atoms with Gasteiger partial charge in [-0.1, -0.05) is 0 Å². The molecule has 1 aliphatic heterocycles. The molecule has 0 aromatic carbocycles. The van der Waals surface area contributed by atoms with E-state index in [0.717, 1.165) is 19.3 Å². The van der Waals surface area contributed by atoms with E-state index in [1.807, 2.05) is 0 Å². The standard InChI is InChI=1S/C11H15N5O3/c12-10-8(16(17)18)11(14-5-13-10)15-7-3-4-19-9(7)6-1-2-6/h5-7,9H,1-4H2,(H3,12,13,14,15). The van der Waals surface area contributed by atoms with Gasteiger partial charge in [0.1, 0.15) is 6.33 Å². The molecular formula is C11H15N5O3. The Morgan fingerprint density at radius 1 is 1.42 bits per heavy atom. The van der Waals surface area contributed by atoms with Crippen LogP contribution in [0.1, 0.15) is 19.3 Å². The van der Waals surface area contributed by atoms with Gasteiger partial charge in [0.05, 0.1) is 17.1 Å². The fraction of sp³-hybridized carbons (Fsp3) is 0.636. The molecule has 1 aliphatic carbocycles. The predicted octanol–water partition coefficient (Wildman–Crippen LogP) is 0.946. The van der Waals surface area contributed by atoms with Crippen LogP contribution >= 0.6 is 0 Å². The fourth-order valence-corrected chi connectivity index (χ4v) is 2.51. The Bertz CT molecular complexity index is 505. The minimum atomic E-state index is -0.556. The van der Waals surface area contributed by atoms with Crippen LogP contribution in [0.5, 0.6) is 0 Å². The van der Waals surface area contributed by atoms with Gasteiger partial charge >= 0.3 is 5.69 Å². The molecule has 3 N–H and O–H groups in total. The predicted molar refractivity (Wildman–Crippen MR) is 67.6 cm³/mol. The van der Waals surface area contributed by atoms with Crippen molar-refractivity contribution in [3.05, 3.63) is 16.4 Å². The van der Waals surface area contributed by atoms with Crippen molar-refractivity contribution in [3.63, 3.8) is 0 Å². The monoisotopic (exact) mass is 265 g/mol. The van der Waals surface area contributed by atoms with Gasteiger partial charge in [0.2, 0.25) is 11.6 Å². The molecular weight excluding hydrogens is 250 g/mol. The van der Waals surface area contributed by atoms with E-state index in [4.69, 9.17) is 10.5 Å². The molecule has 8 heteroatoms. The Morgan fingerprint density at radius 3 is 2.89 bits per heavy atom. The Labute approximate surface area is 109 Å². The topological polar surface area (TPSA) is 116 Å². The summed E-state index contributed by atoms with van der Waals surface area (Å²) in [6.07, 6.45) is 4.50. The number of aromatic nitrogens is 2. The number of nitrogens with zero attached hydrogens (tertiary/aromatic N) is 3. The van der Waals surface area contributed by atoms with Gasteiger partial charge in [-0.15, -0.1) is 0 Å². The quantitative estimate of drug-likeness (QED) is 0.614. The lowest BCUT2D eigenvalue weighted by Gasteiger charge is -2.19. The molecule has 19 heavy (non-hydrogen) atoms. The van der Waals surface area contributed by atoms with Crippen molar-refractivity contribution in [1.29, 1.82) is 0 Å². The molecule has 2 aliphatic rings. The number of anilines is 2. The molecule has 1 saturated heterocycles. The van der Waals surface area contributed by atoms with E-state index in [2.05, 4.69) is 15.3 Å². The van der Waals surface area contributed by atoms with Gasteiger partial charge in [-0.3, -0.25) is 10.1 Å². The van der Waals surface area contributed by atoms with Crippen molar-refractivity contribution < 1.29 is 9.66 Å². The van der Waals surface area contributed by atoms with Gasteiger partial charge in [0.25, 0.3) is 0 Å². The summed E-state index contributed by atoms with van der Waals surface area (Å²) in [7, 11) is 0. The van der Waals surface area contributed by atoms with E-state index < -0.39 is 4.92 Å². The van der Waals surface area contributed by atoms with Crippen LogP contribution in [0.3, 0.4) is 0 Å². The Balaban J connectivity index is 1.82. The maximum atomic E-state index is 11.0. The third-order valence-corrected chi connectivity index (χ3v) is 3.58. The zero-order chi connectivity index (χ0) is 13.4. The Morgan fingerprint density at radius 2 is 2.21 bits per heavy atom. The minimum Gasteiger partial charge on any atom is -0.378 e. The van der Waals surface area contributed by atoms with Crippen molar-refractivity contribution >= 4 is 17.3 Å². The smallest absolute Gasteiger partial charge is 0.352 e. The maximum absolute atomic E-state index is 11.0. The number of ether oxygens (including phenoxy) is 1. The summed E-state index contributed by atoms with van der Waals surface area (Å²) in [6, 6.07) is 0.0560. The zero-order valence-electron chi connectivity index (χ0n) is 10.3. The van der Waals surface area contributed by atoms with Gasteiger partial charge < -0.3 is 15.8 Å². The van der Waals surface area contributed by atoms with Crippen LogP contribution in [-0.4, -0.2) is 33.6 Å². The maximum Gasteiger partial charge on any atom is 0.352 e. The molecule has 0 spiro atoms. The molecule has 8 nitrogen and oxygen atoms in total. The first-order valence-corrected chi connectivity index (χ1v) is 6.30. The highest BCUT2D eigenvalue weighted by molar-refractivity contribution is 5.67. The zero-order valence-corrected chi connectivity index (χ0v) is 10.3. The molecule has 2 atom stereocenters. The van der Waals surface area contributed by atoms with Crippen LogP contribution in [0.25, 0.3) is 0 Å². The first-order valence-electron chi connectivity index (χ1n) is 6.30. The summed E-state index contributed by atoms with van der Waals surface area (Å²) >= 11 is 0. The summed E-state index contributed by atoms with van der Waals surface area (Å²) in [5, 5.41) is 14.1. The summed E-state index contributed by atoms with van der Waals surface area (Å²) < 4.78 is 5.69. The fourth-order valence-electron chi connectivity index (χ4n) is 2.51. The van der Waals surface area contributed by atoms with Crippen molar-refractivity contribution in [2.45, 2.75) is 31.4 Å². The minimum absolute atomic E-state index is 0.0560. The molecule has 102 valence electrons. The van der Waals surface area contributed by atoms with Gasteiger partial charge in [0, 0.05) is 6.61 Å². The molecule has 2 unspecified atom stereocenters. The number of nitrogens with two attached hydrogens (primary N) is 1. The summed E-state index contributed by atoms with van der Waals surface area (Å²) in [5.41, 5.74) is 5.28. The van der Waals surface area contributed by atoms with Crippen molar-refractivity contribution in [2.24, 2.45) is 5.92 Å². The van der Waals surface area contributed by atoms with Crippen LogP contribution in [0.2, 0.25) is 0 Å².